The van der Waals surface area contributed by atoms with Crippen LogP contribution in [0, 0.1) is 0 Å². The Kier molecular flexibility index (Phi) is 7.10. The Morgan fingerprint density at radius 3 is 2.42 bits per heavy atom. The fourth-order valence-electron chi connectivity index (χ4n) is 3.68. The van der Waals surface area contributed by atoms with Crippen LogP contribution in [0.2, 0.25) is 5.02 Å². The van der Waals surface area contributed by atoms with Gasteiger partial charge in [-0.25, -0.2) is 16.8 Å². The first-order valence-corrected chi connectivity index (χ1v) is 13.5. The number of carbonyl (C=O) groups excluding carboxylic acids is 1. The number of amides is 1. The zero-order valence-electron chi connectivity index (χ0n) is 17.4. The number of benzene rings is 2. The van der Waals surface area contributed by atoms with E-state index in [9.17, 15) is 21.6 Å². The van der Waals surface area contributed by atoms with Crippen LogP contribution in [0.3, 0.4) is 0 Å². The predicted molar refractivity (Wildman–Crippen MR) is 120 cm³/mol. The van der Waals surface area contributed by atoms with Crippen molar-refractivity contribution in [1.82, 2.24) is 9.21 Å². The minimum absolute atomic E-state index is 0.0356. The summed E-state index contributed by atoms with van der Waals surface area (Å²) in [6.45, 7) is 2.22. The second kappa shape index (κ2) is 9.28. The maximum atomic E-state index is 13.2. The molecule has 0 saturated carbocycles. The summed E-state index contributed by atoms with van der Waals surface area (Å²) in [4.78, 5) is 14.6. The van der Waals surface area contributed by atoms with E-state index in [0.29, 0.717) is 13.0 Å². The summed E-state index contributed by atoms with van der Waals surface area (Å²) in [6, 6.07) is 12.8. The van der Waals surface area contributed by atoms with Crippen molar-refractivity contribution in [3.05, 3.63) is 64.7 Å². The average Bonchev–Trinajstić information content (AvgIpc) is 3.08. The molecule has 0 radical (unpaired) electrons. The molecular weight excluding hydrogens is 460 g/mol. The van der Waals surface area contributed by atoms with E-state index in [2.05, 4.69) is 0 Å². The SMILES string of the molecule is CCN(C(=O)c1cc(S(=O)(=O)N(C)Cc2ccccc2)ccc1Cl)C1CCS(=O)(=O)C1. The lowest BCUT2D eigenvalue weighted by atomic mass is 10.1. The minimum atomic E-state index is -3.87. The molecule has 1 atom stereocenters. The number of rotatable bonds is 7. The molecule has 0 aliphatic carbocycles. The quantitative estimate of drug-likeness (QED) is 0.602. The van der Waals surface area contributed by atoms with Crippen LogP contribution < -0.4 is 0 Å². The van der Waals surface area contributed by atoms with Crippen molar-refractivity contribution in [2.45, 2.75) is 30.8 Å². The van der Waals surface area contributed by atoms with Crippen molar-refractivity contribution in [1.29, 1.82) is 0 Å². The van der Waals surface area contributed by atoms with Gasteiger partial charge in [-0.1, -0.05) is 41.9 Å². The van der Waals surface area contributed by atoms with Gasteiger partial charge in [0, 0.05) is 26.2 Å². The smallest absolute Gasteiger partial charge is 0.255 e. The zero-order valence-corrected chi connectivity index (χ0v) is 19.8. The molecule has 2 aromatic carbocycles. The van der Waals surface area contributed by atoms with Gasteiger partial charge in [0.05, 0.1) is 27.0 Å². The van der Waals surface area contributed by atoms with E-state index >= 15 is 0 Å². The van der Waals surface area contributed by atoms with Crippen LogP contribution in [0.15, 0.2) is 53.4 Å². The van der Waals surface area contributed by atoms with Gasteiger partial charge >= 0.3 is 0 Å². The van der Waals surface area contributed by atoms with Crippen LogP contribution in [0.25, 0.3) is 0 Å². The van der Waals surface area contributed by atoms with Crippen molar-refractivity contribution in [3.63, 3.8) is 0 Å². The van der Waals surface area contributed by atoms with Crippen molar-refractivity contribution in [2.75, 3.05) is 25.1 Å². The van der Waals surface area contributed by atoms with Gasteiger partial charge < -0.3 is 4.90 Å². The lowest BCUT2D eigenvalue weighted by Crippen LogP contribution is -2.41. The van der Waals surface area contributed by atoms with Crippen LogP contribution >= 0.6 is 11.6 Å². The Hall–Kier alpha value is -1.94. The summed E-state index contributed by atoms with van der Waals surface area (Å²) in [5, 5.41) is 0.119. The monoisotopic (exact) mass is 484 g/mol. The van der Waals surface area contributed by atoms with Crippen LogP contribution in [-0.2, 0) is 26.4 Å². The predicted octanol–water partition coefficient (Wildman–Crippen LogP) is 2.81. The van der Waals surface area contributed by atoms with Gasteiger partial charge in [0.15, 0.2) is 9.84 Å². The molecule has 0 spiro atoms. The topological polar surface area (TPSA) is 91.8 Å². The highest BCUT2D eigenvalue weighted by atomic mass is 35.5. The van der Waals surface area contributed by atoms with Gasteiger partial charge in [-0.2, -0.15) is 4.31 Å². The second-order valence-electron chi connectivity index (χ2n) is 7.54. The van der Waals surface area contributed by atoms with Gasteiger partial charge in [-0.05, 0) is 37.1 Å². The molecule has 2 aromatic rings. The summed E-state index contributed by atoms with van der Waals surface area (Å²) < 4.78 is 51.1. The molecule has 1 aliphatic heterocycles. The van der Waals surface area contributed by atoms with E-state index < -0.39 is 31.8 Å². The summed E-state index contributed by atoms with van der Waals surface area (Å²) in [5.74, 6) is -0.534. The summed E-state index contributed by atoms with van der Waals surface area (Å²) >= 11 is 6.24. The molecule has 0 N–H and O–H groups in total. The third-order valence-corrected chi connectivity index (χ3v) is 9.25. The van der Waals surface area contributed by atoms with Crippen LogP contribution in [-0.4, -0.2) is 63.1 Å². The fraction of sp³-hybridized carbons (Fsp3) is 0.381. The van der Waals surface area contributed by atoms with Gasteiger partial charge in [-0.3, -0.25) is 4.79 Å². The van der Waals surface area contributed by atoms with Gasteiger partial charge in [0.1, 0.15) is 0 Å². The first-order valence-electron chi connectivity index (χ1n) is 9.86. The van der Waals surface area contributed by atoms with Crippen molar-refractivity contribution in [2.24, 2.45) is 0 Å². The molecule has 0 bridgehead atoms. The molecule has 31 heavy (non-hydrogen) atoms. The van der Waals surface area contributed by atoms with Crippen LogP contribution in [0.1, 0.15) is 29.3 Å². The molecule has 0 aromatic heterocycles. The highest BCUT2D eigenvalue weighted by Crippen LogP contribution is 2.27. The van der Waals surface area contributed by atoms with Gasteiger partial charge in [-0.15, -0.1) is 0 Å². The Balaban J connectivity index is 1.89. The maximum absolute atomic E-state index is 13.2. The molecular formula is C21H25ClN2O5S2. The number of hydrogen-bond acceptors (Lipinski definition) is 5. The van der Waals surface area contributed by atoms with E-state index in [1.807, 2.05) is 30.3 Å². The average molecular weight is 485 g/mol. The van der Waals surface area contributed by atoms with E-state index in [4.69, 9.17) is 11.6 Å². The first-order chi connectivity index (χ1) is 14.5. The number of sulfonamides is 1. The first kappa shape index (κ1) is 23.7. The molecule has 1 amide bonds. The van der Waals surface area contributed by atoms with Crippen molar-refractivity contribution >= 4 is 37.4 Å². The van der Waals surface area contributed by atoms with Crippen LogP contribution in [0.5, 0.6) is 0 Å². The Bertz CT molecular complexity index is 1170. The van der Waals surface area contributed by atoms with E-state index in [0.717, 1.165) is 5.56 Å². The van der Waals surface area contributed by atoms with Crippen molar-refractivity contribution in [3.8, 4) is 0 Å². The third kappa shape index (κ3) is 5.28. The largest absolute Gasteiger partial charge is 0.335 e. The number of halogens is 1. The number of carbonyl (C=O) groups is 1. The third-order valence-electron chi connectivity index (χ3n) is 5.38. The van der Waals surface area contributed by atoms with E-state index in [1.54, 1.807) is 6.92 Å². The zero-order chi connectivity index (χ0) is 22.8. The Labute approximate surface area is 188 Å². The molecule has 1 heterocycles. The van der Waals surface area contributed by atoms with E-state index in [1.165, 1.54) is 34.5 Å². The lowest BCUT2D eigenvalue weighted by Gasteiger charge is -2.27. The summed E-state index contributed by atoms with van der Waals surface area (Å²) in [7, 11) is -5.58. The fourth-order valence-corrected chi connectivity index (χ4v) is 6.79. The summed E-state index contributed by atoms with van der Waals surface area (Å²) in [5.41, 5.74) is 0.875. The molecule has 168 valence electrons. The summed E-state index contributed by atoms with van der Waals surface area (Å²) in [6.07, 6.45) is 0.358. The minimum Gasteiger partial charge on any atom is -0.335 e. The molecule has 1 aliphatic rings. The van der Waals surface area contributed by atoms with Gasteiger partial charge in [0.2, 0.25) is 10.0 Å². The standard InChI is InChI=1S/C21H25ClN2O5S2/c1-3-24(17-11-12-30(26,27)15-17)21(25)19-13-18(9-10-20(19)22)31(28,29)23(2)14-16-7-5-4-6-8-16/h4-10,13,17H,3,11-12,14-15H2,1-2H3. The van der Waals surface area contributed by atoms with Crippen molar-refractivity contribution < 1.29 is 21.6 Å². The molecule has 1 unspecified atom stereocenters. The normalized spacial score (nSPS) is 18.3. The molecule has 1 fully saturated rings. The molecule has 3 rings (SSSR count). The number of sulfone groups is 1. The number of hydrogen-bond donors (Lipinski definition) is 0. The Morgan fingerprint density at radius 1 is 1.16 bits per heavy atom. The number of nitrogens with zero attached hydrogens (tertiary/aromatic N) is 2. The highest BCUT2D eigenvalue weighted by Gasteiger charge is 2.35. The second-order valence-corrected chi connectivity index (χ2v) is 12.2. The van der Waals surface area contributed by atoms with Crippen LogP contribution in [0.4, 0.5) is 0 Å². The molecule has 7 nitrogen and oxygen atoms in total. The van der Waals surface area contributed by atoms with E-state index in [-0.39, 0.29) is 33.5 Å². The lowest BCUT2D eigenvalue weighted by molar-refractivity contribution is 0.0708. The Morgan fingerprint density at radius 2 is 1.84 bits per heavy atom. The molecule has 1 saturated heterocycles. The highest BCUT2D eigenvalue weighted by molar-refractivity contribution is 7.91. The molecule has 10 heteroatoms. The van der Waals surface area contributed by atoms with Gasteiger partial charge in [0.25, 0.3) is 5.91 Å². The maximum Gasteiger partial charge on any atom is 0.255 e.